The summed E-state index contributed by atoms with van der Waals surface area (Å²) in [5.74, 6) is -40.1. The molecule has 16 heteroatoms. The van der Waals surface area contributed by atoms with Crippen molar-refractivity contribution < 1.29 is 65.9 Å². The average molecular weight is 401 g/mol. The highest BCUT2D eigenvalue weighted by molar-refractivity contribution is 7.81. The highest BCUT2D eigenvalue weighted by atomic mass is 32.1. The molecule has 23 heavy (non-hydrogen) atoms. The maximum atomic E-state index is 12.7. The predicted molar refractivity (Wildman–Crippen MR) is 43.3 cm³/mol. The summed E-state index contributed by atoms with van der Waals surface area (Å²) < 4.78 is 184. The van der Waals surface area contributed by atoms with Crippen molar-refractivity contribution in [3.05, 3.63) is 0 Å². The summed E-state index contributed by atoms with van der Waals surface area (Å²) in [5.41, 5.74) is 0. The molecule has 0 aliphatic carbocycles. The largest absolute Gasteiger partial charge is 0.460 e. The van der Waals surface area contributed by atoms with E-state index >= 15 is 0 Å². The van der Waals surface area contributed by atoms with E-state index in [4.69, 9.17) is 0 Å². The van der Waals surface area contributed by atoms with Crippen LogP contribution in [0.15, 0.2) is 0 Å². The topological polar surface area (TPSA) is 0 Å². The van der Waals surface area contributed by atoms with E-state index in [9.17, 15) is 65.9 Å². The van der Waals surface area contributed by atoms with Gasteiger partial charge in [-0.3, -0.25) is 0 Å². The first-order chi connectivity index (χ1) is 9.50. The molecule has 1 radical (unpaired) electrons. The summed E-state index contributed by atoms with van der Waals surface area (Å²) in [6.45, 7) is 0. The Balaban J connectivity index is 6.37. The second kappa shape index (κ2) is 5.15. The summed E-state index contributed by atoms with van der Waals surface area (Å²) in [5, 5.41) is -6.58. The molecular weight excluding hydrogens is 401 g/mol. The van der Waals surface area contributed by atoms with Gasteiger partial charge in [0.25, 0.3) is 0 Å². The summed E-state index contributed by atoms with van der Waals surface area (Å²) >= 11 is 2.38. The summed E-state index contributed by atoms with van der Waals surface area (Å²) in [7, 11) is 0. The zero-order valence-electron chi connectivity index (χ0n) is 9.58. The van der Waals surface area contributed by atoms with Gasteiger partial charge in [0.05, 0.1) is 0 Å². The summed E-state index contributed by atoms with van der Waals surface area (Å²) in [6.07, 6.45) is -7.60. The Morgan fingerprint density at radius 1 is 0.348 bits per heavy atom. The normalized spacial score (nSPS) is 16.7. The van der Waals surface area contributed by atoms with Crippen LogP contribution in [-0.4, -0.2) is 41.0 Å². The Kier molecular flexibility index (Phi) is 4.99. The molecule has 0 amide bonds. The number of rotatable bonds is 5. The molecule has 0 N–H and O–H groups in total. The van der Waals surface area contributed by atoms with Crippen molar-refractivity contribution in [1.82, 2.24) is 0 Å². The van der Waals surface area contributed by atoms with Crippen LogP contribution < -0.4 is 0 Å². The van der Waals surface area contributed by atoms with Crippen LogP contribution in [0.2, 0.25) is 0 Å². The van der Waals surface area contributed by atoms with Gasteiger partial charge in [-0.2, -0.15) is 65.9 Å². The highest BCUT2D eigenvalue weighted by Gasteiger charge is 2.93. The lowest BCUT2D eigenvalue weighted by atomic mass is 9.94. The third-order valence-corrected chi connectivity index (χ3v) is 2.56. The highest BCUT2D eigenvalue weighted by Crippen LogP contribution is 2.62. The Hall–Kier alpha value is -0.700. The van der Waals surface area contributed by atoms with Crippen molar-refractivity contribution in [2.75, 3.05) is 0 Å². The second-order valence-electron chi connectivity index (χ2n) is 3.89. The number of halogens is 15. The van der Waals surface area contributed by atoms with Gasteiger partial charge in [-0.15, -0.1) is 0 Å². The van der Waals surface area contributed by atoms with Gasteiger partial charge in [-0.25, -0.2) is 0 Å². The van der Waals surface area contributed by atoms with E-state index in [2.05, 4.69) is 12.6 Å². The lowest BCUT2D eigenvalue weighted by Gasteiger charge is -2.40. The number of hydrogen-bond acceptors (Lipinski definition) is 0. The van der Waals surface area contributed by atoms with Crippen LogP contribution in [0, 0.1) is 0 Å². The Morgan fingerprint density at radius 2 is 0.565 bits per heavy atom. The fourth-order valence-corrected chi connectivity index (χ4v) is 1.08. The van der Waals surface area contributed by atoms with Crippen LogP contribution in [0.4, 0.5) is 65.9 Å². The van der Waals surface area contributed by atoms with Gasteiger partial charge >= 0.3 is 41.0 Å². The third-order valence-electron chi connectivity index (χ3n) is 2.30. The van der Waals surface area contributed by atoms with Crippen LogP contribution in [-0.2, 0) is 0 Å². The van der Waals surface area contributed by atoms with Crippen LogP contribution in [0.3, 0.4) is 0 Å². The van der Waals surface area contributed by atoms with Gasteiger partial charge in [-0.05, 0) is 12.6 Å². The number of alkyl halides is 15. The van der Waals surface area contributed by atoms with Crippen LogP contribution in [0.5, 0.6) is 0 Å². The van der Waals surface area contributed by atoms with Gasteiger partial charge < -0.3 is 0 Å². The molecule has 0 aliphatic heterocycles. The average Bonchev–Trinajstić information content (AvgIpc) is 2.24. The first-order valence-corrected chi connectivity index (χ1v) is 4.95. The van der Waals surface area contributed by atoms with Gasteiger partial charge in [0.15, 0.2) is 0 Å². The van der Waals surface area contributed by atoms with Gasteiger partial charge in [0.1, 0.15) is 0 Å². The second-order valence-corrected chi connectivity index (χ2v) is 4.40. The molecule has 0 aromatic heterocycles. The molecule has 0 saturated heterocycles. The zero-order chi connectivity index (χ0) is 19.5. The first kappa shape index (κ1) is 22.3. The van der Waals surface area contributed by atoms with Gasteiger partial charge in [0, 0.05) is 0 Å². The maximum absolute atomic E-state index is 12.7. The van der Waals surface area contributed by atoms with Crippen molar-refractivity contribution >= 4 is 12.6 Å². The standard InChI is InChI=1S/C7F15S/c8-1(9,2(10,11)4(14,15)6(18,19)20)3(12,13)5(16,17)7(21,22)23. The van der Waals surface area contributed by atoms with Gasteiger partial charge in [-0.1, -0.05) is 0 Å². The third kappa shape index (κ3) is 2.79. The van der Waals surface area contributed by atoms with E-state index in [-0.39, 0.29) is 0 Å². The molecular formula is C7F15S. The molecule has 0 bridgehead atoms. The van der Waals surface area contributed by atoms with E-state index in [1.807, 2.05) is 0 Å². The minimum atomic E-state index is -8.26. The van der Waals surface area contributed by atoms with E-state index in [0.717, 1.165) is 0 Å². The maximum Gasteiger partial charge on any atom is 0.460 e. The monoisotopic (exact) mass is 401 g/mol. The fourth-order valence-electron chi connectivity index (χ4n) is 0.952. The molecule has 0 unspecified atom stereocenters. The van der Waals surface area contributed by atoms with Crippen molar-refractivity contribution in [1.29, 1.82) is 0 Å². The molecule has 0 aliphatic rings. The molecule has 0 spiro atoms. The molecule has 0 atom stereocenters. The first-order valence-electron chi connectivity index (χ1n) is 4.54. The quantitative estimate of drug-likeness (QED) is 0.533. The van der Waals surface area contributed by atoms with E-state index in [0.29, 0.717) is 0 Å². The fraction of sp³-hybridized carbons (Fsp3) is 1.00. The van der Waals surface area contributed by atoms with E-state index < -0.39 is 41.0 Å². The smallest absolute Gasteiger partial charge is 0.192 e. The molecule has 0 heterocycles. The van der Waals surface area contributed by atoms with Crippen molar-refractivity contribution in [3.63, 3.8) is 0 Å². The molecule has 139 valence electrons. The van der Waals surface area contributed by atoms with E-state index in [1.165, 1.54) is 0 Å². The molecule has 0 nitrogen and oxygen atoms in total. The molecule has 0 rings (SSSR count). The lowest BCUT2D eigenvalue weighted by molar-refractivity contribution is -0.447. The van der Waals surface area contributed by atoms with Crippen LogP contribution in [0.1, 0.15) is 0 Å². The summed E-state index contributed by atoms with van der Waals surface area (Å²) in [4.78, 5) is 0. The summed E-state index contributed by atoms with van der Waals surface area (Å²) in [6, 6.07) is 0. The van der Waals surface area contributed by atoms with Crippen molar-refractivity contribution in [2.24, 2.45) is 0 Å². The molecule has 0 fully saturated rings. The van der Waals surface area contributed by atoms with Crippen LogP contribution in [0.25, 0.3) is 0 Å². The minimum absolute atomic E-state index is 2.38. The molecule has 0 saturated carbocycles. The Morgan fingerprint density at radius 3 is 0.783 bits per heavy atom. The Labute approximate surface area is 121 Å². The van der Waals surface area contributed by atoms with Crippen molar-refractivity contribution in [2.45, 2.75) is 41.0 Å². The number of hydrogen-bond donors (Lipinski definition) is 0. The van der Waals surface area contributed by atoms with E-state index in [1.54, 1.807) is 0 Å². The van der Waals surface area contributed by atoms with Crippen molar-refractivity contribution in [3.8, 4) is 0 Å². The van der Waals surface area contributed by atoms with Gasteiger partial charge in [0.2, 0.25) is 0 Å². The molecule has 0 aromatic rings. The SMILES string of the molecule is FC(F)(F)C(F)(F)C(F)(F)C(F)(F)C(F)(F)C(F)(F)C(F)(F)[S]. The molecule has 0 aromatic carbocycles. The predicted octanol–water partition coefficient (Wildman–Crippen LogP) is 5.52. The minimum Gasteiger partial charge on any atom is -0.192 e. The zero-order valence-corrected chi connectivity index (χ0v) is 10.4. The van der Waals surface area contributed by atoms with Crippen LogP contribution >= 0.6 is 12.6 Å². The lowest BCUT2D eigenvalue weighted by Crippen LogP contribution is -2.72. The Bertz CT molecular complexity index is 400.